The summed E-state index contributed by atoms with van der Waals surface area (Å²) in [5.74, 6) is -2.75. The van der Waals surface area contributed by atoms with Gasteiger partial charge in [-0.25, -0.2) is 0 Å². The maximum Gasteiger partial charge on any atom is 0.295 e. The number of hydrogen-bond donors (Lipinski definition) is 0. The van der Waals surface area contributed by atoms with E-state index in [9.17, 15) is 8.78 Å². The van der Waals surface area contributed by atoms with Crippen molar-refractivity contribution in [1.29, 1.82) is 0 Å². The average Bonchev–Trinajstić information content (AvgIpc) is 2.25. The van der Waals surface area contributed by atoms with Crippen molar-refractivity contribution in [2.45, 2.75) is 12.8 Å². The van der Waals surface area contributed by atoms with E-state index in [0.717, 1.165) is 0 Å². The third-order valence-electron chi connectivity index (χ3n) is 2.17. The molecular weight excluding hydrogens is 158 g/mol. The first-order valence-corrected chi connectivity index (χ1v) is 3.78. The van der Waals surface area contributed by atoms with E-state index in [-0.39, 0.29) is 11.1 Å². The lowest BCUT2D eigenvalue weighted by Crippen LogP contribution is -2.10. The standard InChI is InChI=1S/C10H8F2/c1-7-6-8-4-2-3-5-9(8)10(7,11)12/h2-6H,1H3. The molecule has 12 heavy (non-hydrogen) atoms. The topological polar surface area (TPSA) is 0 Å². The van der Waals surface area contributed by atoms with Crippen molar-refractivity contribution in [3.8, 4) is 0 Å². The smallest absolute Gasteiger partial charge is 0.196 e. The number of alkyl halides is 2. The Morgan fingerprint density at radius 2 is 1.83 bits per heavy atom. The van der Waals surface area contributed by atoms with Gasteiger partial charge in [0.1, 0.15) is 0 Å². The van der Waals surface area contributed by atoms with Crippen molar-refractivity contribution in [3.05, 3.63) is 41.0 Å². The van der Waals surface area contributed by atoms with Crippen LogP contribution in [0.2, 0.25) is 0 Å². The Bertz CT molecular complexity index is 351. The fourth-order valence-electron chi connectivity index (χ4n) is 1.45. The van der Waals surface area contributed by atoms with Crippen LogP contribution in [0.4, 0.5) is 8.78 Å². The summed E-state index contributed by atoms with van der Waals surface area (Å²) in [4.78, 5) is 0. The molecule has 1 aromatic carbocycles. The molecule has 2 heteroatoms. The first-order valence-electron chi connectivity index (χ1n) is 3.78. The van der Waals surface area contributed by atoms with Crippen LogP contribution in [0.25, 0.3) is 6.08 Å². The van der Waals surface area contributed by atoms with Crippen LogP contribution in [0.15, 0.2) is 29.8 Å². The van der Waals surface area contributed by atoms with E-state index < -0.39 is 5.92 Å². The van der Waals surface area contributed by atoms with Gasteiger partial charge in [-0.05, 0) is 18.6 Å². The molecule has 0 aliphatic heterocycles. The molecule has 0 nitrogen and oxygen atoms in total. The third-order valence-corrected chi connectivity index (χ3v) is 2.17. The summed E-state index contributed by atoms with van der Waals surface area (Å²) in [6.45, 7) is 1.46. The Morgan fingerprint density at radius 3 is 2.50 bits per heavy atom. The minimum atomic E-state index is -2.75. The van der Waals surface area contributed by atoms with Crippen molar-refractivity contribution in [3.63, 3.8) is 0 Å². The highest BCUT2D eigenvalue weighted by Crippen LogP contribution is 2.43. The van der Waals surface area contributed by atoms with Gasteiger partial charge in [-0.2, -0.15) is 8.78 Å². The molecule has 0 unspecified atom stereocenters. The van der Waals surface area contributed by atoms with Crippen molar-refractivity contribution in [2.75, 3.05) is 0 Å². The molecule has 0 spiro atoms. The summed E-state index contributed by atoms with van der Waals surface area (Å²) in [6.07, 6.45) is 1.54. The monoisotopic (exact) mass is 166 g/mol. The van der Waals surface area contributed by atoms with Gasteiger partial charge in [0.2, 0.25) is 0 Å². The quantitative estimate of drug-likeness (QED) is 0.555. The highest BCUT2D eigenvalue weighted by molar-refractivity contribution is 5.66. The zero-order valence-corrected chi connectivity index (χ0v) is 6.64. The van der Waals surface area contributed by atoms with Gasteiger partial charge in [-0.3, -0.25) is 0 Å². The molecule has 0 atom stereocenters. The van der Waals surface area contributed by atoms with E-state index in [1.807, 2.05) is 0 Å². The summed E-state index contributed by atoms with van der Waals surface area (Å²) >= 11 is 0. The second-order valence-corrected chi connectivity index (χ2v) is 2.99. The number of hydrogen-bond acceptors (Lipinski definition) is 0. The van der Waals surface area contributed by atoms with Gasteiger partial charge in [0.05, 0.1) is 0 Å². The first-order chi connectivity index (χ1) is 5.62. The highest BCUT2D eigenvalue weighted by Gasteiger charge is 2.39. The average molecular weight is 166 g/mol. The third kappa shape index (κ3) is 0.809. The van der Waals surface area contributed by atoms with Crippen molar-refractivity contribution in [2.24, 2.45) is 0 Å². The Kier molecular flexibility index (Phi) is 1.34. The molecule has 0 fully saturated rings. The van der Waals surface area contributed by atoms with E-state index in [1.165, 1.54) is 19.1 Å². The van der Waals surface area contributed by atoms with Crippen LogP contribution in [0.3, 0.4) is 0 Å². The molecule has 62 valence electrons. The summed E-state index contributed by atoms with van der Waals surface area (Å²) in [5, 5.41) is 0. The summed E-state index contributed by atoms with van der Waals surface area (Å²) in [7, 11) is 0. The van der Waals surface area contributed by atoms with Gasteiger partial charge in [0, 0.05) is 11.1 Å². The molecule has 0 heterocycles. The van der Waals surface area contributed by atoms with Crippen molar-refractivity contribution < 1.29 is 8.78 Å². The number of halogens is 2. The number of fused-ring (bicyclic) bond motifs is 1. The molecule has 2 rings (SSSR count). The molecule has 1 aliphatic carbocycles. The van der Waals surface area contributed by atoms with Gasteiger partial charge >= 0.3 is 0 Å². The zero-order valence-electron chi connectivity index (χ0n) is 6.64. The molecule has 1 aliphatic rings. The van der Waals surface area contributed by atoms with Crippen LogP contribution < -0.4 is 0 Å². The number of allylic oxidation sites excluding steroid dienone is 1. The maximum absolute atomic E-state index is 13.3. The number of benzene rings is 1. The van der Waals surface area contributed by atoms with Gasteiger partial charge in [-0.15, -0.1) is 0 Å². The van der Waals surface area contributed by atoms with Crippen LogP contribution in [0, 0.1) is 0 Å². The molecule has 1 aromatic rings. The predicted octanol–water partition coefficient (Wildman–Crippen LogP) is 3.20. The lowest BCUT2D eigenvalue weighted by Gasteiger charge is -2.12. The highest BCUT2D eigenvalue weighted by atomic mass is 19.3. The lowest BCUT2D eigenvalue weighted by atomic mass is 10.1. The van der Waals surface area contributed by atoms with Crippen LogP contribution in [-0.2, 0) is 5.92 Å². The SMILES string of the molecule is CC1=Cc2ccccc2C1(F)F. The predicted molar refractivity (Wildman–Crippen MR) is 44.0 cm³/mol. The fraction of sp³-hybridized carbons (Fsp3) is 0.200. The minimum absolute atomic E-state index is 0.127. The molecule has 0 amide bonds. The molecule has 0 bridgehead atoms. The van der Waals surface area contributed by atoms with Crippen LogP contribution >= 0.6 is 0 Å². The van der Waals surface area contributed by atoms with Crippen molar-refractivity contribution >= 4 is 6.08 Å². The summed E-state index contributed by atoms with van der Waals surface area (Å²) < 4.78 is 26.5. The molecular formula is C10H8F2. The normalized spacial score (nSPS) is 18.8. The summed E-state index contributed by atoms with van der Waals surface area (Å²) in [6, 6.07) is 6.59. The van der Waals surface area contributed by atoms with E-state index in [2.05, 4.69) is 0 Å². The van der Waals surface area contributed by atoms with Gasteiger partial charge in [-0.1, -0.05) is 24.3 Å². The minimum Gasteiger partial charge on any atom is -0.196 e. The first kappa shape index (κ1) is 7.47. The maximum atomic E-state index is 13.3. The Morgan fingerprint density at radius 1 is 1.17 bits per heavy atom. The van der Waals surface area contributed by atoms with Crippen LogP contribution in [0.5, 0.6) is 0 Å². The second kappa shape index (κ2) is 2.16. The molecule has 0 radical (unpaired) electrons. The Labute approximate surface area is 69.5 Å². The Hall–Kier alpha value is -1.18. The van der Waals surface area contributed by atoms with Crippen LogP contribution in [0.1, 0.15) is 18.1 Å². The van der Waals surface area contributed by atoms with E-state index in [0.29, 0.717) is 5.56 Å². The molecule has 0 aromatic heterocycles. The zero-order chi connectivity index (χ0) is 8.77. The van der Waals surface area contributed by atoms with E-state index in [1.54, 1.807) is 18.2 Å². The Balaban J connectivity index is 2.66. The number of rotatable bonds is 0. The second-order valence-electron chi connectivity index (χ2n) is 2.99. The van der Waals surface area contributed by atoms with E-state index >= 15 is 0 Å². The van der Waals surface area contributed by atoms with Gasteiger partial charge < -0.3 is 0 Å². The van der Waals surface area contributed by atoms with E-state index in [4.69, 9.17) is 0 Å². The molecule has 0 saturated carbocycles. The largest absolute Gasteiger partial charge is 0.295 e. The van der Waals surface area contributed by atoms with Gasteiger partial charge in [0.15, 0.2) is 0 Å². The molecule has 0 saturated heterocycles. The summed E-state index contributed by atoms with van der Waals surface area (Å²) in [5.41, 5.74) is 0.895. The van der Waals surface area contributed by atoms with Crippen molar-refractivity contribution in [1.82, 2.24) is 0 Å². The van der Waals surface area contributed by atoms with Crippen LogP contribution in [-0.4, -0.2) is 0 Å². The fourth-order valence-corrected chi connectivity index (χ4v) is 1.45. The lowest BCUT2D eigenvalue weighted by molar-refractivity contribution is 0.0424. The molecule has 0 N–H and O–H groups in total. The van der Waals surface area contributed by atoms with Gasteiger partial charge in [0.25, 0.3) is 5.92 Å².